The Bertz CT molecular complexity index is 603. The highest BCUT2D eigenvalue weighted by molar-refractivity contribution is 6.35. The molecule has 2 nitrogen and oxygen atoms in total. The van der Waals surface area contributed by atoms with Gasteiger partial charge in [-0.15, -0.1) is 0 Å². The summed E-state index contributed by atoms with van der Waals surface area (Å²) in [5.41, 5.74) is -1.32. The van der Waals surface area contributed by atoms with Gasteiger partial charge in [-0.25, -0.2) is 0 Å². The second kappa shape index (κ2) is 3.52. The minimum Gasteiger partial charge on any atom is -0.360 e. The molecule has 0 aliphatic rings. The fraction of sp³-hybridized carbons (Fsp3) is 0.100. The molecule has 0 saturated carbocycles. The number of benzene rings is 1. The average Bonchev–Trinajstić information content (AvgIpc) is 2.18. The molecular formula is C10H5ClF3NO. The van der Waals surface area contributed by atoms with Gasteiger partial charge in [0, 0.05) is 17.6 Å². The maximum absolute atomic E-state index is 12.5. The number of aromatic nitrogens is 1. The van der Waals surface area contributed by atoms with E-state index in [1.54, 1.807) is 0 Å². The highest BCUT2D eigenvalue weighted by Gasteiger charge is 2.33. The van der Waals surface area contributed by atoms with E-state index in [1.807, 2.05) is 0 Å². The number of H-pyrrole nitrogens is 1. The largest absolute Gasteiger partial charge is 0.417 e. The van der Waals surface area contributed by atoms with E-state index in [-0.39, 0.29) is 16.3 Å². The van der Waals surface area contributed by atoms with E-state index in [4.69, 9.17) is 11.6 Å². The Balaban J connectivity index is 2.86. The molecular weight excluding hydrogens is 243 g/mol. The van der Waals surface area contributed by atoms with Gasteiger partial charge >= 0.3 is 6.18 Å². The molecule has 0 spiro atoms. The molecule has 1 heterocycles. The minimum absolute atomic E-state index is 0.00370. The number of aromatic amines is 1. The number of rotatable bonds is 0. The molecule has 0 amide bonds. The van der Waals surface area contributed by atoms with Gasteiger partial charge in [0.15, 0.2) is 5.43 Å². The second-order valence-corrected chi connectivity index (χ2v) is 3.57. The van der Waals surface area contributed by atoms with Gasteiger partial charge in [-0.2, -0.15) is 13.2 Å². The molecule has 0 saturated heterocycles. The lowest BCUT2D eigenvalue weighted by atomic mass is 10.1. The van der Waals surface area contributed by atoms with Crippen LogP contribution in [0.3, 0.4) is 0 Å². The van der Waals surface area contributed by atoms with E-state index in [2.05, 4.69) is 4.98 Å². The molecule has 0 radical (unpaired) electrons. The summed E-state index contributed by atoms with van der Waals surface area (Å²) in [6.07, 6.45) is -3.27. The van der Waals surface area contributed by atoms with Crippen LogP contribution >= 0.6 is 11.6 Å². The van der Waals surface area contributed by atoms with Crippen LogP contribution in [0.25, 0.3) is 10.9 Å². The Morgan fingerprint density at radius 2 is 1.88 bits per heavy atom. The summed E-state index contributed by atoms with van der Waals surface area (Å²) in [4.78, 5) is 13.9. The van der Waals surface area contributed by atoms with E-state index in [1.165, 1.54) is 12.3 Å². The van der Waals surface area contributed by atoms with E-state index >= 15 is 0 Å². The number of hydrogen-bond acceptors (Lipinski definition) is 1. The van der Waals surface area contributed by atoms with Crippen molar-refractivity contribution in [2.75, 3.05) is 0 Å². The third kappa shape index (κ3) is 1.67. The monoisotopic (exact) mass is 247 g/mol. The predicted molar refractivity (Wildman–Crippen MR) is 54.6 cm³/mol. The zero-order chi connectivity index (χ0) is 11.9. The van der Waals surface area contributed by atoms with Crippen LogP contribution in [0.15, 0.2) is 29.2 Å². The number of nitrogens with one attached hydrogen (secondary N) is 1. The quantitative estimate of drug-likeness (QED) is 0.762. The average molecular weight is 248 g/mol. The van der Waals surface area contributed by atoms with Crippen LogP contribution in [0.4, 0.5) is 13.2 Å². The molecule has 1 aromatic carbocycles. The summed E-state index contributed by atoms with van der Waals surface area (Å²) in [7, 11) is 0. The minimum atomic E-state index is -4.53. The number of pyridine rings is 1. The summed E-state index contributed by atoms with van der Waals surface area (Å²) in [5.74, 6) is 0. The predicted octanol–water partition coefficient (Wildman–Crippen LogP) is 3.20. The van der Waals surface area contributed by atoms with Crippen molar-refractivity contribution in [2.24, 2.45) is 0 Å². The Morgan fingerprint density at radius 1 is 1.19 bits per heavy atom. The first-order valence-electron chi connectivity index (χ1n) is 4.28. The first-order valence-corrected chi connectivity index (χ1v) is 4.66. The van der Waals surface area contributed by atoms with Gasteiger partial charge in [0.2, 0.25) is 0 Å². The van der Waals surface area contributed by atoms with Crippen LogP contribution in [0.1, 0.15) is 5.56 Å². The molecule has 1 aromatic heterocycles. The second-order valence-electron chi connectivity index (χ2n) is 3.19. The van der Waals surface area contributed by atoms with Crippen molar-refractivity contribution in [3.63, 3.8) is 0 Å². The van der Waals surface area contributed by atoms with Gasteiger partial charge in [0.05, 0.1) is 16.1 Å². The Labute approximate surface area is 92.7 Å². The van der Waals surface area contributed by atoms with Gasteiger partial charge in [-0.1, -0.05) is 11.6 Å². The van der Waals surface area contributed by atoms with Crippen LogP contribution in [0, 0.1) is 0 Å². The lowest BCUT2D eigenvalue weighted by Gasteiger charge is -2.10. The number of alkyl halides is 3. The Hall–Kier alpha value is -1.49. The third-order valence-electron chi connectivity index (χ3n) is 2.18. The van der Waals surface area contributed by atoms with E-state index in [0.29, 0.717) is 0 Å². The number of fused-ring (bicyclic) bond motifs is 1. The summed E-state index contributed by atoms with van der Waals surface area (Å²) in [5, 5.41) is -0.344. The van der Waals surface area contributed by atoms with E-state index in [0.717, 1.165) is 12.1 Å². The maximum atomic E-state index is 12.5. The summed E-state index contributed by atoms with van der Waals surface area (Å²) < 4.78 is 37.5. The van der Waals surface area contributed by atoms with Crippen molar-refractivity contribution in [2.45, 2.75) is 6.18 Å². The number of halogens is 4. The van der Waals surface area contributed by atoms with Crippen molar-refractivity contribution in [1.82, 2.24) is 4.98 Å². The molecule has 84 valence electrons. The fourth-order valence-electron chi connectivity index (χ4n) is 1.43. The van der Waals surface area contributed by atoms with Crippen LogP contribution in [-0.2, 0) is 6.18 Å². The van der Waals surface area contributed by atoms with Crippen molar-refractivity contribution in [1.29, 1.82) is 0 Å². The van der Waals surface area contributed by atoms with Crippen LogP contribution in [-0.4, -0.2) is 4.98 Å². The van der Waals surface area contributed by atoms with Gasteiger partial charge in [0.1, 0.15) is 0 Å². The molecule has 0 bridgehead atoms. The molecule has 1 N–H and O–H groups in total. The smallest absolute Gasteiger partial charge is 0.360 e. The Kier molecular flexibility index (Phi) is 2.42. The lowest BCUT2D eigenvalue weighted by Crippen LogP contribution is -2.08. The van der Waals surface area contributed by atoms with Crippen molar-refractivity contribution < 1.29 is 13.2 Å². The SMILES string of the molecule is O=c1cc[nH]c2c(Cl)c(C(F)(F)F)ccc12. The van der Waals surface area contributed by atoms with Crippen molar-refractivity contribution in [3.8, 4) is 0 Å². The molecule has 0 atom stereocenters. The highest BCUT2D eigenvalue weighted by Crippen LogP contribution is 2.36. The first-order chi connectivity index (χ1) is 7.41. The fourth-order valence-corrected chi connectivity index (χ4v) is 1.76. The van der Waals surface area contributed by atoms with Crippen LogP contribution in [0.5, 0.6) is 0 Å². The molecule has 0 fully saturated rings. The normalized spacial score (nSPS) is 12.0. The maximum Gasteiger partial charge on any atom is 0.417 e. The molecule has 2 rings (SSSR count). The topological polar surface area (TPSA) is 32.9 Å². The molecule has 6 heteroatoms. The summed E-state index contributed by atoms with van der Waals surface area (Å²) in [6, 6.07) is 3.15. The number of hydrogen-bond donors (Lipinski definition) is 1. The van der Waals surface area contributed by atoms with Gasteiger partial charge in [-0.3, -0.25) is 4.79 Å². The van der Waals surface area contributed by atoms with Gasteiger partial charge in [0.25, 0.3) is 0 Å². The van der Waals surface area contributed by atoms with Gasteiger partial charge in [-0.05, 0) is 12.1 Å². The zero-order valence-corrected chi connectivity index (χ0v) is 8.49. The summed E-state index contributed by atoms with van der Waals surface area (Å²) in [6.45, 7) is 0. The zero-order valence-electron chi connectivity index (χ0n) is 7.73. The third-order valence-corrected chi connectivity index (χ3v) is 2.57. The standard InChI is InChI=1S/C10H5ClF3NO/c11-8-6(10(12,13)14)2-1-5-7(16)3-4-15-9(5)8/h1-4H,(H,15,16). The van der Waals surface area contributed by atoms with E-state index in [9.17, 15) is 18.0 Å². The van der Waals surface area contributed by atoms with Crippen molar-refractivity contribution in [3.05, 3.63) is 45.2 Å². The van der Waals surface area contributed by atoms with Crippen molar-refractivity contribution >= 4 is 22.5 Å². The van der Waals surface area contributed by atoms with Gasteiger partial charge < -0.3 is 4.98 Å². The Morgan fingerprint density at radius 3 is 2.50 bits per heavy atom. The summed E-state index contributed by atoms with van der Waals surface area (Å²) >= 11 is 5.61. The molecule has 0 aliphatic carbocycles. The molecule has 0 aliphatic heterocycles. The molecule has 16 heavy (non-hydrogen) atoms. The lowest BCUT2D eigenvalue weighted by molar-refractivity contribution is -0.137. The molecule has 2 aromatic rings. The van der Waals surface area contributed by atoms with Crippen LogP contribution in [0.2, 0.25) is 5.02 Å². The first kappa shape index (κ1) is 11.0. The highest BCUT2D eigenvalue weighted by atomic mass is 35.5. The molecule has 0 unspecified atom stereocenters. The van der Waals surface area contributed by atoms with E-state index < -0.39 is 16.8 Å². The van der Waals surface area contributed by atoms with Crippen LogP contribution < -0.4 is 5.43 Å².